The Hall–Kier alpha value is -2.94. The lowest BCUT2D eigenvalue weighted by molar-refractivity contribution is -0.115. The minimum atomic E-state index is -0.558. The Morgan fingerprint density at radius 1 is 1.43 bits per heavy atom. The number of amides is 3. The molecule has 0 aromatic heterocycles. The van der Waals surface area contributed by atoms with Crippen LogP contribution in [0.2, 0.25) is 0 Å². The van der Waals surface area contributed by atoms with E-state index in [9.17, 15) is 9.59 Å². The number of carbonyl (C=O) groups is 2. The van der Waals surface area contributed by atoms with Gasteiger partial charge in [-0.25, -0.2) is 4.79 Å². The Morgan fingerprint density at radius 2 is 2.14 bits per heavy atom. The Bertz CT molecular complexity index is 591. The molecule has 1 saturated heterocycles. The molecule has 21 heavy (non-hydrogen) atoms. The van der Waals surface area contributed by atoms with Crippen LogP contribution in [0.1, 0.15) is 6.92 Å². The maximum atomic E-state index is 11.4. The van der Waals surface area contributed by atoms with Gasteiger partial charge >= 0.3 is 6.03 Å². The summed E-state index contributed by atoms with van der Waals surface area (Å²) in [7, 11) is 1.49. The van der Waals surface area contributed by atoms with Gasteiger partial charge in [0.25, 0.3) is 5.91 Å². The number of terminal acetylenes is 1. The number of nitrogens with one attached hydrogen (secondary N) is 2. The number of imide groups is 1. The molecule has 1 aliphatic rings. The summed E-state index contributed by atoms with van der Waals surface area (Å²) in [5.74, 6) is 2.31. The van der Waals surface area contributed by atoms with Gasteiger partial charge in [-0.3, -0.25) is 10.1 Å². The zero-order valence-corrected chi connectivity index (χ0v) is 11.9. The van der Waals surface area contributed by atoms with Gasteiger partial charge in [0.05, 0.1) is 7.11 Å². The second-order valence-electron chi connectivity index (χ2n) is 4.08. The zero-order chi connectivity index (χ0) is 15.8. The van der Waals surface area contributed by atoms with E-state index in [1.54, 1.807) is 13.0 Å². The van der Waals surface area contributed by atoms with Crippen LogP contribution in [0.15, 0.2) is 47.6 Å². The van der Waals surface area contributed by atoms with Gasteiger partial charge in [-0.05, 0) is 30.2 Å². The number of methoxy groups -OCH3 is 1. The van der Waals surface area contributed by atoms with E-state index in [2.05, 4.69) is 23.1 Å². The quantitative estimate of drug-likeness (QED) is 0.254. The van der Waals surface area contributed by atoms with Gasteiger partial charge in [0.1, 0.15) is 18.6 Å². The van der Waals surface area contributed by atoms with Crippen molar-refractivity contribution in [1.82, 2.24) is 10.6 Å². The third-order valence-corrected chi connectivity index (χ3v) is 2.38. The van der Waals surface area contributed by atoms with Crippen LogP contribution in [0, 0.1) is 12.3 Å². The topological polar surface area (TPSA) is 76.7 Å². The van der Waals surface area contributed by atoms with E-state index in [1.165, 1.54) is 19.4 Å². The van der Waals surface area contributed by atoms with Gasteiger partial charge < -0.3 is 14.8 Å². The Balaban J connectivity index is 2.85. The smallest absolute Gasteiger partial charge is 0.326 e. The Labute approximate surface area is 123 Å². The fraction of sp³-hybridized carbons (Fsp3) is 0.200. The number of hydrogen-bond donors (Lipinski definition) is 2. The molecule has 0 saturated carbocycles. The van der Waals surface area contributed by atoms with E-state index in [0.717, 1.165) is 0 Å². The Kier molecular flexibility index (Phi) is 5.83. The first kappa shape index (κ1) is 16.1. The van der Waals surface area contributed by atoms with Crippen molar-refractivity contribution < 1.29 is 19.1 Å². The first-order valence-electron chi connectivity index (χ1n) is 5.98. The molecular weight excluding hydrogens is 272 g/mol. The first-order valence-corrected chi connectivity index (χ1v) is 5.98. The van der Waals surface area contributed by atoms with Crippen LogP contribution < -0.4 is 10.6 Å². The fourth-order valence-electron chi connectivity index (χ4n) is 1.53. The summed E-state index contributed by atoms with van der Waals surface area (Å²) in [6, 6.07) is -0.558. The van der Waals surface area contributed by atoms with Gasteiger partial charge in [0.2, 0.25) is 0 Å². The van der Waals surface area contributed by atoms with E-state index in [1.807, 2.05) is 0 Å². The molecule has 1 fully saturated rings. The lowest BCUT2D eigenvalue weighted by Gasteiger charge is -2.08. The SMILES string of the molecule is C#CCOC(=C\OC)/C(C)=C\C(=C)/C=C1/NC(=O)NC1=O. The van der Waals surface area contributed by atoms with Crippen molar-refractivity contribution in [1.29, 1.82) is 0 Å². The largest absolute Gasteiger partial charge is 0.500 e. The molecule has 1 rings (SSSR count). The lowest BCUT2D eigenvalue weighted by Crippen LogP contribution is -2.22. The zero-order valence-electron chi connectivity index (χ0n) is 11.9. The number of urea groups is 1. The second-order valence-corrected chi connectivity index (χ2v) is 4.08. The molecule has 0 aromatic rings. The van der Waals surface area contributed by atoms with Gasteiger partial charge in [0, 0.05) is 0 Å². The van der Waals surface area contributed by atoms with Crippen molar-refractivity contribution in [2.45, 2.75) is 6.92 Å². The minimum Gasteiger partial charge on any atom is -0.500 e. The lowest BCUT2D eigenvalue weighted by atomic mass is 10.1. The number of ether oxygens (including phenoxy) is 2. The highest BCUT2D eigenvalue weighted by Gasteiger charge is 2.22. The monoisotopic (exact) mass is 288 g/mol. The van der Waals surface area contributed by atoms with E-state index in [-0.39, 0.29) is 12.3 Å². The van der Waals surface area contributed by atoms with Crippen LogP contribution in [-0.2, 0) is 14.3 Å². The molecule has 6 nitrogen and oxygen atoms in total. The minimum absolute atomic E-state index is 0.104. The molecule has 1 heterocycles. The van der Waals surface area contributed by atoms with Gasteiger partial charge in [0.15, 0.2) is 5.76 Å². The number of allylic oxidation sites excluding steroid dienone is 4. The highest BCUT2D eigenvalue weighted by Crippen LogP contribution is 2.15. The predicted octanol–water partition coefficient (Wildman–Crippen LogP) is 1.35. The average molecular weight is 288 g/mol. The molecule has 0 atom stereocenters. The molecule has 0 spiro atoms. The van der Waals surface area contributed by atoms with E-state index < -0.39 is 11.9 Å². The molecule has 110 valence electrons. The summed E-state index contributed by atoms with van der Waals surface area (Å²) in [6.45, 7) is 5.67. The van der Waals surface area contributed by atoms with Crippen LogP contribution in [-0.4, -0.2) is 25.7 Å². The van der Waals surface area contributed by atoms with Crippen LogP contribution in [0.25, 0.3) is 0 Å². The maximum Gasteiger partial charge on any atom is 0.326 e. The third kappa shape index (κ3) is 4.91. The molecule has 0 unspecified atom stereocenters. The molecule has 0 radical (unpaired) electrons. The van der Waals surface area contributed by atoms with Crippen LogP contribution in [0.3, 0.4) is 0 Å². The molecule has 6 heteroatoms. The first-order chi connectivity index (χ1) is 9.97. The van der Waals surface area contributed by atoms with Gasteiger partial charge in [-0.15, -0.1) is 6.42 Å². The van der Waals surface area contributed by atoms with Crippen molar-refractivity contribution in [2.75, 3.05) is 13.7 Å². The normalized spacial score (nSPS) is 17.1. The van der Waals surface area contributed by atoms with Crippen LogP contribution >= 0.6 is 0 Å². The molecule has 3 amide bonds. The maximum absolute atomic E-state index is 11.4. The summed E-state index contributed by atoms with van der Waals surface area (Å²) in [6.07, 6.45) is 9.67. The molecule has 1 aliphatic heterocycles. The number of hydrogen-bond acceptors (Lipinski definition) is 4. The van der Waals surface area contributed by atoms with Crippen molar-refractivity contribution in [2.24, 2.45) is 0 Å². The third-order valence-electron chi connectivity index (χ3n) is 2.38. The second kappa shape index (κ2) is 7.60. The summed E-state index contributed by atoms with van der Waals surface area (Å²) in [5, 5.41) is 4.47. The summed E-state index contributed by atoms with van der Waals surface area (Å²) < 4.78 is 10.2. The van der Waals surface area contributed by atoms with Gasteiger partial charge in [-0.1, -0.05) is 12.5 Å². The van der Waals surface area contributed by atoms with E-state index in [0.29, 0.717) is 16.9 Å². The molecule has 0 aromatic carbocycles. The van der Waals surface area contributed by atoms with Gasteiger partial charge in [-0.2, -0.15) is 0 Å². The summed E-state index contributed by atoms with van der Waals surface area (Å²) in [5.41, 5.74) is 1.35. The van der Waals surface area contributed by atoms with Crippen LogP contribution in [0.5, 0.6) is 0 Å². The average Bonchev–Trinajstić information content (AvgIpc) is 2.72. The van der Waals surface area contributed by atoms with Crippen molar-refractivity contribution in [3.63, 3.8) is 0 Å². The highest BCUT2D eigenvalue weighted by molar-refractivity contribution is 6.11. The highest BCUT2D eigenvalue weighted by atomic mass is 16.5. The van der Waals surface area contributed by atoms with Crippen LogP contribution in [0.4, 0.5) is 4.79 Å². The molecule has 0 bridgehead atoms. The van der Waals surface area contributed by atoms with Crippen molar-refractivity contribution in [3.05, 3.63) is 47.6 Å². The standard InChI is InChI=1S/C15H16N2O4/c1-5-6-21-13(9-20-4)11(3)7-10(2)8-12-14(18)17-15(19)16-12/h1,7-9H,2,6H2,3-4H3,(H2,16,17,18,19)/b11-7-,12-8+,13-9-. The number of rotatable bonds is 6. The number of carbonyl (C=O) groups excluding carboxylic acids is 2. The molecular formula is C15H16N2O4. The van der Waals surface area contributed by atoms with Crippen molar-refractivity contribution >= 4 is 11.9 Å². The predicted molar refractivity (Wildman–Crippen MR) is 77.5 cm³/mol. The summed E-state index contributed by atoms with van der Waals surface area (Å²) >= 11 is 0. The summed E-state index contributed by atoms with van der Waals surface area (Å²) in [4.78, 5) is 22.4. The Morgan fingerprint density at radius 3 is 2.67 bits per heavy atom. The fourth-order valence-corrected chi connectivity index (χ4v) is 1.53. The molecule has 0 aliphatic carbocycles. The van der Waals surface area contributed by atoms with E-state index >= 15 is 0 Å². The molecule has 2 N–H and O–H groups in total. The van der Waals surface area contributed by atoms with Crippen molar-refractivity contribution in [3.8, 4) is 12.3 Å². The van der Waals surface area contributed by atoms with E-state index in [4.69, 9.17) is 15.9 Å².